The summed E-state index contributed by atoms with van der Waals surface area (Å²) in [6, 6.07) is 9.22. The SMILES string of the molecule is CCCCCC=CCC=CCCCCCCCCNC(=O)ON=C(C1=CC(=O)C(C)(C)O1)c1ccccc1. The van der Waals surface area contributed by atoms with E-state index in [2.05, 4.69) is 41.7 Å². The second kappa shape index (κ2) is 18.2. The second-order valence-corrected chi connectivity index (χ2v) is 10.2. The Labute approximate surface area is 229 Å². The smallest absolute Gasteiger partial charge is 0.433 e. The summed E-state index contributed by atoms with van der Waals surface area (Å²) in [5.74, 6) is 0.141. The van der Waals surface area contributed by atoms with Crippen LogP contribution in [0.2, 0.25) is 0 Å². The largest absolute Gasteiger partial charge is 0.477 e. The van der Waals surface area contributed by atoms with E-state index in [1.54, 1.807) is 13.8 Å². The number of unbranched alkanes of at least 4 members (excludes halogenated alkanes) is 9. The molecule has 2 rings (SSSR count). The highest BCUT2D eigenvalue weighted by Crippen LogP contribution is 2.27. The maximum absolute atomic E-state index is 12.2. The zero-order chi connectivity index (χ0) is 27.5. The molecule has 1 aromatic carbocycles. The van der Waals surface area contributed by atoms with Gasteiger partial charge in [0.15, 0.2) is 17.1 Å². The van der Waals surface area contributed by atoms with E-state index in [9.17, 15) is 9.59 Å². The number of oxime groups is 1. The fraction of sp³-hybridized carbons (Fsp3) is 0.531. The van der Waals surface area contributed by atoms with E-state index >= 15 is 0 Å². The molecular weight excluding hydrogens is 476 g/mol. The maximum Gasteiger partial charge on any atom is 0.433 e. The summed E-state index contributed by atoms with van der Waals surface area (Å²) in [6.07, 6.45) is 24.0. The number of nitrogens with zero attached hydrogens (tertiary/aromatic N) is 1. The quantitative estimate of drug-likeness (QED) is 0.0693. The lowest BCUT2D eigenvalue weighted by molar-refractivity contribution is -0.126. The van der Waals surface area contributed by atoms with E-state index in [-0.39, 0.29) is 5.78 Å². The van der Waals surface area contributed by atoms with Crippen molar-refractivity contribution < 1.29 is 19.2 Å². The van der Waals surface area contributed by atoms with Gasteiger partial charge in [-0.3, -0.25) is 9.63 Å². The Morgan fingerprint density at radius 1 is 0.921 bits per heavy atom. The van der Waals surface area contributed by atoms with Gasteiger partial charge in [0, 0.05) is 18.2 Å². The summed E-state index contributed by atoms with van der Waals surface area (Å²) < 4.78 is 5.77. The first kappa shape index (κ1) is 31.1. The monoisotopic (exact) mass is 522 g/mol. The van der Waals surface area contributed by atoms with E-state index in [1.807, 2.05) is 30.3 Å². The van der Waals surface area contributed by atoms with Gasteiger partial charge in [-0.05, 0) is 52.4 Å². The summed E-state index contributed by atoms with van der Waals surface area (Å²) >= 11 is 0. The number of carbonyl (C=O) groups excluding carboxylic acids is 2. The van der Waals surface area contributed by atoms with Crippen LogP contribution in [0.15, 0.2) is 71.6 Å². The molecule has 0 saturated carbocycles. The molecule has 0 saturated heterocycles. The van der Waals surface area contributed by atoms with Crippen LogP contribution in [-0.4, -0.2) is 29.7 Å². The number of benzene rings is 1. The van der Waals surface area contributed by atoms with Crippen LogP contribution in [0.5, 0.6) is 0 Å². The first-order valence-corrected chi connectivity index (χ1v) is 14.3. The second-order valence-electron chi connectivity index (χ2n) is 10.2. The average Bonchev–Trinajstić information content (AvgIpc) is 3.18. The third-order valence-electron chi connectivity index (χ3n) is 6.37. The Bertz CT molecular complexity index is 961. The predicted octanol–water partition coefficient (Wildman–Crippen LogP) is 8.19. The Kier molecular flexibility index (Phi) is 14.8. The van der Waals surface area contributed by atoms with Gasteiger partial charge in [0.25, 0.3) is 0 Å². The van der Waals surface area contributed by atoms with Crippen LogP contribution in [0, 0.1) is 0 Å². The van der Waals surface area contributed by atoms with Gasteiger partial charge in [0.05, 0.1) is 0 Å². The van der Waals surface area contributed by atoms with Crippen molar-refractivity contribution in [3.8, 4) is 0 Å². The Morgan fingerprint density at radius 2 is 1.55 bits per heavy atom. The van der Waals surface area contributed by atoms with Crippen molar-refractivity contribution in [2.24, 2.45) is 5.16 Å². The van der Waals surface area contributed by atoms with Crippen molar-refractivity contribution in [3.05, 3.63) is 72.0 Å². The first-order chi connectivity index (χ1) is 18.4. The van der Waals surface area contributed by atoms with Crippen LogP contribution in [0.25, 0.3) is 0 Å². The Hall–Kier alpha value is -3.15. The highest BCUT2D eigenvalue weighted by molar-refractivity contribution is 6.16. The molecule has 208 valence electrons. The summed E-state index contributed by atoms with van der Waals surface area (Å²) in [7, 11) is 0. The van der Waals surface area contributed by atoms with Crippen LogP contribution >= 0.6 is 0 Å². The number of ketones is 1. The fourth-order valence-electron chi connectivity index (χ4n) is 4.02. The molecule has 0 aliphatic carbocycles. The standard InChI is InChI=1S/C32H46N2O4/c1-4-5-6-7-8-9-10-11-12-13-14-15-16-17-18-22-25-33-31(36)38-34-30(27-23-20-19-21-24-27)28-26-29(35)32(2,3)37-28/h8-9,11-12,19-21,23-24,26H,4-7,10,13-18,22,25H2,1-3H3,(H,33,36). The number of nitrogens with one attached hydrogen (secondary N) is 1. The molecular formula is C32H46N2O4. The van der Waals surface area contributed by atoms with Crippen molar-refractivity contribution in [2.45, 2.75) is 103 Å². The van der Waals surface area contributed by atoms with E-state index in [1.165, 1.54) is 51.0 Å². The van der Waals surface area contributed by atoms with Gasteiger partial charge in [-0.2, -0.15) is 0 Å². The molecule has 1 aliphatic rings. The molecule has 1 aliphatic heterocycles. The highest BCUT2D eigenvalue weighted by atomic mass is 16.7. The van der Waals surface area contributed by atoms with Gasteiger partial charge < -0.3 is 10.1 Å². The Balaban J connectivity index is 1.57. The van der Waals surface area contributed by atoms with Crippen LogP contribution in [-0.2, 0) is 14.4 Å². The zero-order valence-electron chi connectivity index (χ0n) is 23.5. The van der Waals surface area contributed by atoms with Gasteiger partial charge in [-0.15, -0.1) is 0 Å². The normalized spacial score (nSPS) is 15.2. The highest BCUT2D eigenvalue weighted by Gasteiger charge is 2.37. The van der Waals surface area contributed by atoms with E-state index in [0.29, 0.717) is 23.6 Å². The van der Waals surface area contributed by atoms with Gasteiger partial charge in [0.2, 0.25) is 5.78 Å². The molecule has 0 bridgehead atoms. The number of carbonyl (C=O) groups is 2. The lowest BCUT2D eigenvalue weighted by Gasteiger charge is -2.18. The molecule has 6 heteroatoms. The maximum atomic E-state index is 12.2. The van der Waals surface area contributed by atoms with Crippen LogP contribution in [0.3, 0.4) is 0 Å². The molecule has 6 nitrogen and oxygen atoms in total. The number of hydrogen-bond donors (Lipinski definition) is 1. The van der Waals surface area contributed by atoms with E-state index < -0.39 is 11.7 Å². The van der Waals surface area contributed by atoms with Gasteiger partial charge in [0.1, 0.15) is 0 Å². The minimum absolute atomic E-state index is 0.155. The third kappa shape index (κ3) is 12.4. The lowest BCUT2D eigenvalue weighted by atomic mass is 10.1. The Morgan fingerprint density at radius 3 is 2.18 bits per heavy atom. The van der Waals surface area contributed by atoms with Gasteiger partial charge in [-0.25, -0.2) is 4.79 Å². The molecule has 1 N–H and O–H groups in total. The summed E-state index contributed by atoms with van der Waals surface area (Å²) in [6.45, 7) is 6.17. The molecule has 1 heterocycles. The van der Waals surface area contributed by atoms with Gasteiger partial charge >= 0.3 is 6.09 Å². The molecule has 38 heavy (non-hydrogen) atoms. The minimum atomic E-state index is -0.964. The van der Waals surface area contributed by atoms with Crippen LogP contribution in [0.1, 0.15) is 103 Å². The van der Waals surface area contributed by atoms with E-state index in [4.69, 9.17) is 9.57 Å². The predicted molar refractivity (Wildman–Crippen MR) is 155 cm³/mol. The molecule has 1 amide bonds. The summed E-state index contributed by atoms with van der Waals surface area (Å²) in [4.78, 5) is 29.4. The molecule has 0 fully saturated rings. The molecule has 0 radical (unpaired) electrons. The zero-order valence-corrected chi connectivity index (χ0v) is 23.5. The van der Waals surface area contributed by atoms with Crippen molar-refractivity contribution in [3.63, 3.8) is 0 Å². The number of allylic oxidation sites excluding steroid dienone is 5. The summed E-state index contributed by atoms with van der Waals surface area (Å²) in [5, 5.41) is 6.77. The van der Waals surface area contributed by atoms with Crippen LogP contribution in [0.4, 0.5) is 4.79 Å². The number of ether oxygens (including phenoxy) is 1. The third-order valence-corrected chi connectivity index (χ3v) is 6.37. The minimum Gasteiger partial charge on any atom is -0.477 e. The molecule has 0 atom stereocenters. The lowest BCUT2D eigenvalue weighted by Crippen LogP contribution is -2.28. The molecule has 0 unspecified atom stereocenters. The number of amides is 1. The number of rotatable bonds is 18. The van der Waals surface area contributed by atoms with Gasteiger partial charge in [-0.1, -0.05) is 105 Å². The van der Waals surface area contributed by atoms with Crippen molar-refractivity contribution in [2.75, 3.05) is 6.54 Å². The van der Waals surface area contributed by atoms with Crippen molar-refractivity contribution in [1.82, 2.24) is 5.32 Å². The van der Waals surface area contributed by atoms with Crippen LogP contribution < -0.4 is 5.32 Å². The average molecular weight is 523 g/mol. The molecule has 0 aromatic heterocycles. The topological polar surface area (TPSA) is 77.0 Å². The molecule has 1 aromatic rings. The van der Waals surface area contributed by atoms with Crippen molar-refractivity contribution >= 4 is 17.6 Å². The number of hydrogen-bond acceptors (Lipinski definition) is 5. The molecule has 0 spiro atoms. The fourth-order valence-corrected chi connectivity index (χ4v) is 4.02. The summed E-state index contributed by atoms with van der Waals surface area (Å²) in [5.41, 5.74) is 0.0462. The first-order valence-electron chi connectivity index (χ1n) is 14.3. The van der Waals surface area contributed by atoms with Crippen molar-refractivity contribution in [1.29, 1.82) is 0 Å². The van der Waals surface area contributed by atoms with E-state index in [0.717, 1.165) is 32.1 Å².